The van der Waals surface area contributed by atoms with E-state index >= 15 is 0 Å². The van der Waals surface area contributed by atoms with Crippen molar-refractivity contribution in [1.82, 2.24) is 10.2 Å². The van der Waals surface area contributed by atoms with Crippen LogP contribution in [0.2, 0.25) is 0 Å². The van der Waals surface area contributed by atoms with Gasteiger partial charge in [-0.1, -0.05) is 64.0 Å². The zero-order chi connectivity index (χ0) is 24.9. The molecule has 1 saturated heterocycles. The van der Waals surface area contributed by atoms with Crippen molar-refractivity contribution in [3.8, 4) is 11.5 Å². The van der Waals surface area contributed by atoms with Crippen LogP contribution in [0.25, 0.3) is 6.08 Å². The first-order valence-corrected chi connectivity index (χ1v) is 11.9. The standard InChI is InChI=1S/C27H24BrFN2O4/c1-3-34-24-13-20(21(28)14-25(24)35-16-18-10-8-17(2)9-11-18)12-23-26(32)31(27(33)30-23)15-19-6-4-5-7-22(19)29/h4-14H,3,15-16H2,1-2H3,(H,30,33)/b23-12+. The van der Waals surface area contributed by atoms with Crippen molar-refractivity contribution in [3.05, 3.63) is 98.9 Å². The maximum atomic E-state index is 14.0. The molecule has 0 saturated carbocycles. The Morgan fingerprint density at radius 3 is 2.46 bits per heavy atom. The first-order valence-electron chi connectivity index (χ1n) is 11.1. The largest absolute Gasteiger partial charge is 0.490 e. The lowest BCUT2D eigenvalue weighted by atomic mass is 10.1. The van der Waals surface area contributed by atoms with E-state index in [4.69, 9.17) is 9.47 Å². The Bertz CT molecular complexity index is 1290. The molecule has 1 fully saturated rings. The molecule has 1 aliphatic rings. The first-order chi connectivity index (χ1) is 16.9. The second-order valence-electron chi connectivity index (χ2n) is 8.00. The van der Waals surface area contributed by atoms with Gasteiger partial charge in [0.2, 0.25) is 0 Å². The van der Waals surface area contributed by atoms with Crippen LogP contribution in [0.5, 0.6) is 11.5 Å². The molecule has 3 aromatic rings. The molecular weight excluding hydrogens is 515 g/mol. The Hall–Kier alpha value is -3.65. The van der Waals surface area contributed by atoms with Gasteiger partial charge in [-0.25, -0.2) is 9.18 Å². The minimum Gasteiger partial charge on any atom is -0.490 e. The summed E-state index contributed by atoms with van der Waals surface area (Å²) in [6.45, 7) is 4.52. The summed E-state index contributed by atoms with van der Waals surface area (Å²) < 4.78 is 26.4. The summed E-state index contributed by atoms with van der Waals surface area (Å²) in [4.78, 5) is 26.3. The summed E-state index contributed by atoms with van der Waals surface area (Å²) in [5.41, 5.74) is 3.15. The molecule has 8 heteroatoms. The van der Waals surface area contributed by atoms with Gasteiger partial charge in [-0.05, 0) is 49.2 Å². The number of ether oxygens (including phenoxy) is 2. The summed E-state index contributed by atoms with van der Waals surface area (Å²) in [5, 5.41) is 2.57. The van der Waals surface area contributed by atoms with Crippen LogP contribution in [0.3, 0.4) is 0 Å². The van der Waals surface area contributed by atoms with Gasteiger partial charge in [0, 0.05) is 10.0 Å². The van der Waals surface area contributed by atoms with Gasteiger partial charge in [-0.3, -0.25) is 9.69 Å². The van der Waals surface area contributed by atoms with Crippen LogP contribution in [0.15, 0.2) is 70.8 Å². The number of carbonyl (C=O) groups excluding carboxylic acids is 2. The highest BCUT2D eigenvalue weighted by Gasteiger charge is 2.34. The van der Waals surface area contributed by atoms with Crippen LogP contribution in [0.4, 0.5) is 9.18 Å². The van der Waals surface area contributed by atoms with Gasteiger partial charge in [0.05, 0.1) is 13.2 Å². The second-order valence-corrected chi connectivity index (χ2v) is 8.85. The lowest BCUT2D eigenvalue weighted by molar-refractivity contribution is -0.123. The Kier molecular flexibility index (Phi) is 7.51. The van der Waals surface area contributed by atoms with E-state index in [-0.39, 0.29) is 17.8 Å². The third-order valence-electron chi connectivity index (χ3n) is 5.43. The zero-order valence-corrected chi connectivity index (χ0v) is 20.9. The molecule has 0 atom stereocenters. The predicted octanol–water partition coefficient (Wildman–Crippen LogP) is 5.97. The number of amides is 3. The molecule has 180 valence electrons. The van der Waals surface area contributed by atoms with Crippen LogP contribution in [-0.2, 0) is 17.9 Å². The average molecular weight is 539 g/mol. The SMILES string of the molecule is CCOc1cc(/C=C2/NC(=O)N(Cc3ccccc3F)C2=O)c(Br)cc1OCc1ccc(C)cc1. The molecular formula is C27H24BrFN2O4. The second kappa shape index (κ2) is 10.7. The van der Waals surface area contributed by atoms with Gasteiger partial charge in [0.1, 0.15) is 18.1 Å². The smallest absolute Gasteiger partial charge is 0.329 e. The van der Waals surface area contributed by atoms with Crippen molar-refractivity contribution < 1.29 is 23.5 Å². The van der Waals surface area contributed by atoms with Crippen molar-refractivity contribution in [2.45, 2.75) is 27.0 Å². The van der Waals surface area contributed by atoms with Crippen LogP contribution in [-0.4, -0.2) is 23.4 Å². The number of imide groups is 1. The minimum absolute atomic E-state index is 0.0859. The highest BCUT2D eigenvalue weighted by atomic mass is 79.9. The minimum atomic E-state index is -0.608. The summed E-state index contributed by atoms with van der Waals surface area (Å²) >= 11 is 3.52. The van der Waals surface area contributed by atoms with E-state index in [1.807, 2.05) is 38.1 Å². The van der Waals surface area contributed by atoms with Gasteiger partial charge in [0.15, 0.2) is 11.5 Å². The Labute approximate surface area is 211 Å². The van der Waals surface area contributed by atoms with E-state index in [1.54, 1.807) is 30.3 Å². The third-order valence-corrected chi connectivity index (χ3v) is 6.11. The fraction of sp³-hybridized carbons (Fsp3) is 0.185. The molecule has 0 unspecified atom stereocenters. The lowest BCUT2D eigenvalue weighted by Gasteiger charge is -2.14. The highest BCUT2D eigenvalue weighted by Crippen LogP contribution is 2.36. The Morgan fingerprint density at radius 2 is 1.74 bits per heavy atom. The first kappa shape index (κ1) is 24.5. The zero-order valence-electron chi connectivity index (χ0n) is 19.3. The molecule has 0 spiro atoms. The van der Waals surface area contributed by atoms with Crippen molar-refractivity contribution >= 4 is 33.9 Å². The van der Waals surface area contributed by atoms with Crippen LogP contribution < -0.4 is 14.8 Å². The summed E-state index contributed by atoms with van der Waals surface area (Å²) in [5.74, 6) is 0.0396. The van der Waals surface area contributed by atoms with E-state index in [2.05, 4.69) is 21.2 Å². The van der Waals surface area contributed by atoms with E-state index in [0.717, 1.165) is 10.5 Å². The Balaban J connectivity index is 1.56. The summed E-state index contributed by atoms with van der Waals surface area (Å²) in [6.07, 6.45) is 1.55. The number of halogens is 2. The number of hydrogen-bond donors (Lipinski definition) is 1. The van der Waals surface area contributed by atoms with Gasteiger partial charge in [0.25, 0.3) is 5.91 Å². The molecule has 6 nitrogen and oxygen atoms in total. The van der Waals surface area contributed by atoms with Crippen molar-refractivity contribution in [1.29, 1.82) is 0 Å². The van der Waals surface area contributed by atoms with Crippen molar-refractivity contribution in [2.75, 3.05) is 6.61 Å². The summed E-state index contributed by atoms with van der Waals surface area (Å²) in [6, 6.07) is 17.0. The number of urea groups is 1. The third kappa shape index (κ3) is 5.71. The number of aryl methyl sites for hydroxylation is 1. The molecule has 35 heavy (non-hydrogen) atoms. The Morgan fingerprint density at radius 1 is 1.03 bits per heavy atom. The molecule has 4 rings (SSSR count). The highest BCUT2D eigenvalue weighted by molar-refractivity contribution is 9.10. The monoisotopic (exact) mass is 538 g/mol. The molecule has 0 aliphatic carbocycles. The summed E-state index contributed by atoms with van der Waals surface area (Å²) in [7, 11) is 0. The molecule has 3 amide bonds. The molecule has 1 heterocycles. The molecule has 0 aromatic heterocycles. The fourth-order valence-corrected chi connectivity index (χ4v) is 3.99. The molecule has 3 aromatic carbocycles. The number of hydrogen-bond acceptors (Lipinski definition) is 4. The van der Waals surface area contributed by atoms with Gasteiger partial charge in [-0.15, -0.1) is 0 Å². The molecule has 1 N–H and O–H groups in total. The van der Waals surface area contributed by atoms with E-state index in [9.17, 15) is 14.0 Å². The topological polar surface area (TPSA) is 67.9 Å². The molecule has 1 aliphatic heterocycles. The number of rotatable bonds is 8. The maximum absolute atomic E-state index is 14.0. The van der Waals surface area contributed by atoms with E-state index in [1.165, 1.54) is 17.7 Å². The van der Waals surface area contributed by atoms with Crippen molar-refractivity contribution in [2.24, 2.45) is 0 Å². The maximum Gasteiger partial charge on any atom is 0.329 e. The molecule has 0 bridgehead atoms. The van der Waals surface area contributed by atoms with Gasteiger partial charge >= 0.3 is 6.03 Å². The average Bonchev–Trinajstić information content (AvgIpc) is 3.10. The number of nitrogens with one attached hydrogen (secondary N) is 1. The fourth-order valence-electron chi connectivity index (χ4n) is 3.56. The lowest BCUT2D eigenvalue weighted by Crippen LogP contribution is -2.30. The number of benzene rings is 3. The van der Waals surface area contributed by atoms with Crippen molar-refractivity contribution in [3.63, 3.8) is 0 Å². The van der Waals surface area contributed by atoms with Crippen LogP contribution in [0.1, 0.15) is 29.2 Å². The molecule has 0 radical (unpaired) electrons. The normalized spacial score (nSPS) is 14.4. The van der Waals surface area contributed by atoms with Crippen LogP contribution >= 0.6 is 15.9 Å². The predicted molar refractivity (Wildman–Crippen MR) is 134 cm³/mol. The van der Waals surface area contributed by atoms with E-state index in [0.29, 0.717) is 34.7 Å². The van der Waals surface area contributed by atoms with E-state index < -0.39 is 17.8 Å². The quantitative estimate of drug-likeness (QED) is 0.283. The van der Waals surface area contributed by atoms with Gasteiger partial charge in [-0.2, -0.15) is 0 Å². The number of nitrogens with zero attached hydrogens (tertiary/aromatic N) is 1. The van der Waals surface area contributed by atoms with Crippen LogP contribution in [0, 0.1) is 12.7 Å². The van der Waals surface area contributed by atoms with Gasteiger partial charge < -0.3 is 14.8 Å². The number of carbonyl (C=O) groups is 2.